The van der Waals surface area contributed by atoms with E-state index in [0.29, 0.717) is 10.7 Å². The van der Waals surface area contributed by atoms with E-state index in [1.807, 2.05) is 0 Å². The molecule has 0 aliphatic carbocycles. The van der Waals surface area contributed by atoms with E-state index in [1.54, 1.807) is 18.2 Å². The number of nitrogens with zero attached hydrogens (tertiary/aromatic N) is 1. The Hall–Kier alpha value is -1.36. The summed E-state index contributed by atoms with van der Waals surface area (Å²) in [6.07, 6.45) is 0.0479. The molecule has 0 saturated carbocycles. The van der Waals surface area contributed by atoms with Crippen molar-refractivity contribution in [3.8, 4) is 0 Å². The highest BCUT2D eigenvalue weighted by Crippen LogP contribution is 2.10. The minimum absolute atomic E-state index is 0.0479. The molecule has 0 bridgehead atoms. The lowest BCUT2D eigenvalue weighted by Gasteiger charge is -2.04. The summed E-state index contributed by atoms with van der Waals surface area (Å²) in [5, 5.41) is 3.30. The van der Waals surface area contributed by atoms with E-state index in [1.165, 1.54) is 17.8 Å². The maximum atomic E-state index is 13.2. The molecule has 1 aliphatic rings. The second-order valence-electron chi connectivity index (χ2n) is 3.35. The number of nitrogens with one attached hydrogen (secondary N) is 1. The number of rotatable bonds is 2. The zero-order chi connectivity index (χ0) is 11.4. The van der Waals surface area contributed by atoms with Crippen molar-refractivity contribution in [1.82, 2.24) is 5.32 Å². The normalized spacial score (nSPS) is 14.7. The summed E-state index contributed by atoms with van der Waals surface area (Å²) in [6, 6.07) is 6.28. The Morgan fingerprint density at radius 2 is 2.31 bits per heavy atom. The van der Waals surface area contributed by atoms with Crippen LogP contribution >= 0.6 is 11.8 Å². The van der Waals surface area contributed by atoms with Crippen LogP contribution in [0.25, 0.3) is 0 Å². The minimum atomic E-state index is -0.348. The lowest BCUT2D eigenvalue weighted by Crippen LogP contribution is -2.29. The van der Waals surface area contributed by atoms with Gasteiger partial charge in [-0.25, -0.2) is 4.39 Å². The molecule has 16 heavy (non-hydrogen) atoms. The average molecular weight is 238 g/mol. The fourth-order valence-corrected chi connectivity index (χ4v) is 2.13. The number of hydrogen-bond acceptors (Lipinski definition) is 3. The minimum Gasteiger partial charge on any atom is -0.305 e. The Bertz CT molecular complexity index is 434. The summed E-state index contributed by atoms with van der Waals surface area (Å²) < 4.78 is 13.2. The van der Waals surface area contributed by atoms with Crippen LogP contribution in [-0.4, -0.2) is 23.4 Å². The van der Waals surface area contributed by atoms with Crippen LogP contribution < -0.4 is 5.32 Å². The summed E-state index contributed by atoms with van der Waals surface area (Å²) >= 11 is 1.51. The number of benzene rings is 1. The van der Waals surface area contributed by atoms with E-state index in [0.717, 1.165) is 12.3 Å². The number of carbonyl (C=O) groups is 1. The third kappa shape index (κ3) is 2.82. The highest BCUT2D eigenvalue weighted by Gasteiger charge is 2.12. The quantitative estimate of drug-likeness (QED) is 0.850. The molecule has 2 rings (SSSR count). The van der Waals surface area contributed by atoms with Crippen molar-refractivity contribution in [3.05, 3.63) is 35.6 Å². The third-order valence-electron chi connectivity index (χ3n) is 2.14. The molecule has 1 heterocycles. The Morgan fingerprint density at radius 1 is 1.50 bits per heavy atom. The van der Waals surface area contributed by atoms with Crippen molar-refractivity contribution < 1.29 is 9.18 Å². The number of amidine groups is 1. The first-order valence-corrected chi connectivity index (χ1v) is 5.95. The molecular formula is C11H11FN2OS. The van der Waals surface area contributed by atoms with Crippen molar-refractivity contribution in [1.29, 1.82) is 0 Å². The van der Waals surface area contributed by atoms with Crippen LogP contribution in [0, 0.1) is 5.82 Å². The largest absolute Gasteiger partial charge is 0.305 e. The molecule has 1 aromatic rings. The van der Waals surface area contributed by atoms with Gasteiger partial charge >= 0.3 is 0 Å². The van der Waals surface area contributed by atoms with Gasteiger partial charge in [0.1, 0.15) is 5.82 Å². The average Bonchev–Trinajstić information content (AvgIpc) is 2.74. The van der Waals surface area contributed by atoms with Crippen LogP contribution in [0.5, 0.6) is 0 Å². The summed E-state index contributed by atoms with van der Waals surface area (Å²) in [7, 11) is 0. The lowest BCUT2D eigenvalue weighted by atomic mass is 10.1. The number of carbonyl (C=O) groups excluding carboxylic acids is 1. The fraction of sp³-hybridized carbons (Fsp3) is 0.273. The zero-order valence-corrected chi connectivity index (χ0v) is 9.39. The fourth-order valence-electron chi connectivity index (χ4n) is 1.39. The molecule has 1 N–H and O–H groups in total. The van der Waals surface area contributed by atoms with Crippen LogP contribution in [0.2, 0.25) is 0 Å². The topological polar surface area (TPSA) is 41.5 Å². The van der Waals surface area contributed by atoms with Gasteiger partial charge in [0, 0.05) is 5.75 Å². The molecule has 0 spiro atoms. The first-order chi connectivity index (χ1) is 7.75. The van der Waals surface area contributed by atoms with Gasteiger partial charge in [0.25, 0.3) is 0 Å². The van der Waals surface area contributed by atoms with Gasteiger partial charge in [-0.2, -0.15) is 0 Å². The maximum Gasteiger partial charge on any atom is 0.230 e. The van der Waals surface area contributed by atoms with Crippen molar-refractivity contribution in [2.75, 3.05) is 12.3 Å². The van der Waals surface area contributed by atoms with Gasteiger partial charge in [0.05, 0.1) is 13.0 Å². The molecule has 1 aromatic carbocycles. The Kier molecular flexibility index (Phi) is 3.56. The van der Waals surface area contributed by atoms with E-state index >= 15 is 0 Å². The second-order valence-corrected chi connectivity index (χ2v) is 4.44. The van der Waals surface area contributed by atoms with Gasteiger partial charge in [-0.1, -0.05) is 30.0 Å². The molecule has 0 aromatic heterocycles. The Morgan fingerprint density at radius 3 is 3.00 bits per heavy atom. The molecule has 84 valence electrons. The first-order valence-electron chi connectivity index (χ1n) is 4.96. The molecule has 1 aliphatic heterocycles. The SMILES string of the molecule is O=C(Cc1ccccc1F)NC1=NCCS1. The van der Waals surface area contributed by atoms with Gasteiger partial charge < -0.3 is 5.32 Å². The molecule has 0 atom stereocenters. The number of hydrogen-bond donors (Lipinski definition) is 1. The molecular weight excluding hydrogens is 227 g/mol. The predicted octanol–water partition coefficient (Wildman–Crippen LogP) is 1.59. The van der Waals surface area contributed by atoms with Crippen LogP contribution in [0.1, 0.15) is 5.56 Å². The van der Waals surface area contributed by atoms with Crippen molar-refractivity contribution in [2.45, 2.75) is 6.42 Å². The van der Waals surface area contributed by atoms with E-state index in [2.05, 4.69) is 10.3 Å². The number of amides is 1. The van der Waals surface area contributed by atoms with Gasteiger partial charge in [0.15, 0.2) is 5.17 Å². The van der Waals surface area contributed by atoms with Crippen molar-refractivity contribution >= 4 is 22.8 Å². The highest BCUT2D eigenvalue weighted by atomic mass is 32.2. The van der Waals surface area contributed by atoms with Gasteiger partial charge in [-0.3, -0.25) is 9.79 Å². The van der Waals surface area contributed by atoms with Crippen LogP contribution in [0.3, 0.4) is 0 Å². The van der Waals surface area contributed by atoms with Crippen molar-refractivity contribution in [3.63, 3.8) is 0 Å². The third-order valence-corrected chi connectivity index (χ3v) is 3.03. The standard InChI is InChI=1S/C11H11FN2OS/c12-9-4-2-1-3-8(9)7-10(15)14-11-13-5-6-16-11/h1-4H,5-7H2,(H,13,14,15). The smallest absolute Gasteiger partial charge is 0.230 e. The first kappa shape index (κ1) is 11.1. The summed E-state index contributed by atoms with van der Waals surface area (Å²) in [4.78, 5) is 15.6. The number of aliphatic imine (C=N–C) groups is 1. The van der Waals surface area contributed by atoms with E-state index in [9.17, 15) is 9.18 Å². The van der Waals surface area contributed by atoms with Gasteiger partial charge in [0.2, 0.25) is 5.91 Å². The zero-order valence-electron chi connectivity index (χ0n) is 8.57. The number of thioether (sulfide) groups is 1. The van der Waals surface area contributed by atoms with Gasteiger partial charge in [-0.15, -0.1) is 0 Å². The molecule has 1 amide bonds. The van der Waals surface area contributed by atoms with Crippen LogP contribution in [0.15, 0.2) is 29.3 Å². The monoisotopic (exact) mass is 238 g/mol. The van der Waals surface area contributed by atoms with E-state index in [-0.39, 0.29) is 18.1 Å². The molecule has 0 radical (unpaired) electrons. The van der Waals surface area contributed by atoms with E-state index < -0.39 is 0 Å². The molecule has 3 nitrogen and oxygen atoms in total. The molecule has 0 fully saturated rings. The highest BCUT2D eigenvalue weighted by molar-refractivity contribution is 8.14. The second kappa shape index (κ2) is 5.12. The summed E-state index contributed by atoms with van der Waals surface area (Å²) in [5.74, 6) is 0.326. The molecule has 0 saturated heterocycles. The van der Waals surface area contributed by atoms with E-state index in [4.69, 9.17) is 0 Å². The van der Waals surface area contributed by atoms with Gasteiger partial charge in [-0.05, 0) is 11.6 Å². The molecule has 5 heteroatoms. The lowest BCUT2D eigenvalue weighted by molar-refractivity contribution is -0.119. The summed E-state index contributed by atoms with van der Waals surface area (Å²) in [5.41, 5.74) is 0.406. The predicted molar refractivity (Wildman–Crippen MR) is 63.0 cm³/mol. The summed E-state index contributed by atoms with van der Waals surface area (Å²) in [6.45, 7) is 0.736. The number of halogens is 1. The molecule has 0 unspecified atom stereocenters. The van der Waals surface area contributed by atoms with Crippen LogP contribution in [-0.2, 0) is 11.2 Å². The van der Waals surface area contributed by atoms with Crippen molar-refractivity contribution in [2.24, 2.45) is 4.99 Å². The van der Waals surface area contributed by atoms with Crippen LogP contribution in [0.4, 0.5) is 4.39 Å². The maximum absolute atomic E-state index is 13.2. The Balaban J connectivity index is 1.94. The Labute approximate surface area is 97.1 Å².